The van der Waals surface area contributed by atoms with Gasteiger partial charge in [-0.1, -0.05) is 44.2 Å². The maximum absolute atomic E-state index is 12.3. The van der Waals surface area contributed by atoms with Crippen LogP contribution in [-0.4, -0.2) is 29.7 Å². The average molecular weight is 379 g/mol. The number of alkyl carbamates (subject to hydrolysis) is 1. The largest absolute Gasteiger partial charge is 0.444 e. The van der Waals surface area contributed by atoms with Gasteiger partial charge < -0.3 is 14.8 Å². The molecule has 0 aliphatic carbocycles. The van der Waals surface area contributed by atoms with E-state index >= 15 is 0 Å². The highest BCUT2D eigenvalue weighted by atomic mass is 16.6. The Morgan fingerprint density at radius 1 is 1.00 bits per heavy atom. The van der Waals surface area contributed by atoms with Gasteiger partial charge in [-0.05, 0) is 38.7 Å². The van der Waals surface area contributed by atoms with Gasteiger partial charge in [0.1, 0.15) is 18.2 Å². The molecule has 0 aliphatic heterocycles. The molecule has 150 valence electrons. The summed E-state index contributed by atoms with van der Waals surface area (Å²) >= 11 is 0. The molecule has 0 aromatic heterocycles. The van der Waals surface area contributed by atoms with Crippen LogP contribution in [0.25, 0.3) is 0 Å². The monoisotopic (exact) mass is 379 g/mol. The minimum absolute atomic E-state index is 0.0775. The number of carbonyl (C=O) groups excluding carboxylic acids is 3. The third-order valence-electron chi connectivity index (χ3n) is 3.22. The highest BCUT2D eigenvalue weighted by Gasteiger charge is 2.25. The van der Waals surface area contributed by atoms with Crippen molar-refractivity contribution >= 4 is 18.1 Å². The molecule has 1 aromatic rings. The van der Waals surface area contributed by atoms with Gasteiger partial charge in [0.05, 0.1) is 0 Å². The van der Waals surface area contributed by atoms with Gasteiger partial charge in [0.15, 0.2) is 0 Å². The van der Waals surface area contributed by atoms with E-state index in [1.165, 1.54) is 0 Å². The number of nitrogens with one attached hydrogen (secondary N) is 3. The molecule has 1 atom stereocenters. The van der Waals surface area contributed by atoms with Gasteiger partial charge in [-0.2, -0.15) is 0 Å². The molecule has 3 amide bonds. The van der Waals surface area contributed by atoms with Crippen LogP contribution in [0, 0.1) is 5.92 Å². The molecule has 8 heteroatoms. The molecule has 1 aromatic carbocycles. The van der Waals surface area contributed by atoms with E-state index < -0.39 is 29.7 Å². The Kier molecular flexibility index (Phi) is 8.58. The number of ether oxygens (including phenoxy) is 2. The molecule has 0 unspecified atom stereocenters. The van der Waals surface area contributed by atoms with Crippen LogP contribution in [0.3, 0.4) is 0 Å². The van der Waals surface area contributed by atoms with Crippen molar-refractivity contribution in [3.63, 3.8) is 0 Å². The minimum Gasteiger partial charge on any atom is -0.444 e. The third-order valence-corrected chi connectivity index (χ3v) is 3.22. The van der Waals surface area contributed by atoms with Crippen molar-refractivity contribution in [3.8, 4) is 0 Å². The van der Waals surface area contributed by atoms with Crippen molar-refractivity contribution in [1.82, 2.24) is 16.2 Å². The molecule has 0 saturated heterocycles. The van der Waals surface area contributed by atoms with E-state index in [1.54, 1.807) is 20.8 Å². The van der Waals surface area contributed by atoms with Crippen molar-refractivity contribution < 1.29 is 23.9 Å². The van der Waals surface area contributed by atoms with E-state index in [0.29, 0.717) is 6.42 Å². The Morgan fingerprint density at radius 2 is 1.63 bits per heavy atom. The van der Waals surface area contributed by atoms with Crippen LogP contribution in [0.1, 0.15) is 46.6 Å². The van der Waals surface area contributed by atoms with Crippen LogP contribution in [0.4, 0.5) is 9.59 Å². The van der Waals surface area contributed by atoms with Gasteiger partial charge in [-0.3, -0.25) is 10.2 Å². The fraction of sp³-hybridized carbons (Fsp3) is 0.526. The van der Waals surface area contributed by atoms with Crippen molar-refractivity contribution in [1.29, 1.82) is 0 Å². The summed E-state index contributed by atoms with van der Waals surface area (Å²) in [6.07, 6.45) is -1.12. The first-order chi connectivity index (χ1) is 12.6. The average Bonchev–Trinajstić information content (AvgIpc) is 2.56. The molecule has 0 spiro atoms. The fourth-order valence-corrected chi connectivity index (χ4v) is 2.11. The number of rotatable bonds is 6. The summed E-state index contributed by atoms with van der Waals surface area (Å²) in [6.45, 7) is 9.10. The highest BCUT2D eigenvalue weighted by molar-refractivity contribution is 5.86. The van der Waals surface area contributed by atoms with Gasteiger partial charge in [0.25, 0.3) is 5.91 Å². The smallest absolute Gasteiger partial charge is 0.426 e. The second-order valence-electron chi connectivity index (χ2n) is 7.50. The van der Waals surface area contributed by atoms with E-state index in [9.17, 15) is 14.4 Å². The van der Waals surface area contributed by atoms with Crippen molar-refractivity contribution in [2.75, 3.05) is 0 Å². The van der Waals surface area contributed by atoms with Gasteiger partial charge in [0, 0.05) is 0 Å². The van der Waals surface area contributed by atoms with E-state index in [2.05, 4.69) is 16.2 Å². The number of benzene rings is 1. The minimum atomic E-state index is -0.853. The van der Waals surface area contributed by atoms with Crippen LogP contribution >= 0.6 is 0 Å². The Labute approximate surface area is 160 Å². The van der Waals surface area contributed by atoms with E-state index in [4.69, 9.17) is 9.47 Å². The topological polar surface area (TPSA) is 106 Å². The highest BCUT2D eigenvalue weighted by Crippen LogP contribution is 2.09. The van der Waals surface area contributed by atoms with Gasteiger partial charge in [-0.25, -0.2) is 15.0 Å². The second kappa shape index (κ2) is 10.4. The number of hydrogen-bond acceptors (Lipinski definition) is 5. The predicted molar refractivity (Wildman–Crippen MR) is 101 cm³/mol. The van der Waals surface area contributed by atoms with Crippen molar-refractivity contribution in [3.05, 3.63) is 35.9 Å². The number of hydrogen-bond donors (Lipinski definition) is 3. The molecule has 3 N–H and O–H groups in total. The second-order valence-corrected chi connectivity index (χ2v) is 7.50. The summed E-state index contributed by atoms with van der Waals surface area (Å²) in [4.78, 5) is 35.9. The maximum atomic E-state index is 12.3. The lowest BCUT2D eigenvalue weighted by Crippen LogP contribution is -2.53. The van der Waals surface area contributed by atoms with Crippen LogP contribution in [0.5, 0.6) is 0 Å². The van der Waals surface area contributed by atoms with Crippen LogP contribution in [-0.2, 0) is 20.9 Å². The summed E-state index contributed by atoms with van der Waals surface area (Å²) < 4.78 is 10.2. The molecule has 0 fully saturated rings. The molecule has 27 heavy (non-hydrogen) atoms. The van der Waals surface area contributed by atoms with Crippen molar-refractivity contribution in [2.45, 2.75) is 59.3 Å². The lowest BCUT2D eigenvalue weighted by Gasteiger charge is -2.24. The van der Waals surface area contributed by atoms with E-state index in [0.717, 1.165) is 5.56 Å². The Bertz CT molecular complexity index is 626. The first kappa shape index (κ1) is 22.3. The number of hydrazine groups is 1. The van der Waals surface area contributed by atoms with Gasteiger partial charge >= 0.3 is 12.2 Å². The first-order valence-corrected chi connectivity index (χ1v) is 8.83. The Morgan fingerprint density at radius 3 is 2.19 bits per heavy atom. The molecule has 0 radical (unpaired) electrons. The zero-order chi connectivity index (χ0) is 20.4. The summed E-state index contributed by atoms with van der Waals surface area (Å²) in [7, 11) is 0. The number of amides is 3. The molecule has 0 heterocycles. The SMILES string of the molecule is CC(C)C[C@H](NC(=O)OC(C)(C)C)C(=O)NNC(=O)OCc1ccccc1. The quantitative estimate of drug-likeness (QED) is 0.659. The summed E-state index contributed by atoms with van der Waals surface area (Å²) in [5.74, 6) is -0.424. The Balaban J connectivity index is 2.50. The fourth-order valence-electron chi connectivity index (χ4n) is 2.11. The van der Waals surface area contributed by atoms with Crippen LogP contribution < -0.4 is 16.2 Å². The molecule has 1 rings (SSSR count). The van der Waals surface area contributed by atoms with Crippen LogP contribution in [0.15, 0.2) is 30.3 Å². The van der Waals surface area contributed by atoms with Crippen molar-refractivity contribution in [2.24, 2.45) is 5.92 Å². The summed E-state index contributed by atoms with van der Waals surface area (Å²) in [6, 6.07) is 8.30. The summed E-state index contributed by atoms with van der Waals surface area (Å²) in [5.41, 5.74) is 4.58. The standard InChI is InChI=1S/C19H29N3O5/c1-13(2)11-15(20-17(24)27-19(3,4)5)16(23)21-22-18(25)26-12-14-9-7-6-8-10-14/h6-10,13,15H,11-12H2,1-5H3,(H,20,24)(H,21,23)(H,22,25)/t15-/m0/s1. The number of carbonyl (C=O) groups is 3. The molecule has 8 nitrogen and oxygen atoms in total. The lowest BCUT2D eigenvalue weighted by molar-refractivity contribution is -0.124. The molecular weight excluding hydrogens is 350 g/mol. The van der Waals surface area contributed by atoms with Gasteiger partial charge in [-0.15, -0.1) is 0 Å². The maximum Gasteiger partial charge on any atom is 0.426 e. The molecule has 0 saturated carbocycles. The zero-order valence-corrected chi connectivity index (χ0v) is 16.5. The van der Waals surface area contributed by atoms with E-state index in [1.807, 2.05) is 44.2 Å². The molecule has 0 aliphatic rings. The Hall–Kier alpha value is -2.77. The summed E-state index contributed by atoms with van der Waals surface area (Å²) in [5, 5.41) is 2.52. The normalized spacial score (nSPS) is 12.1. The zero-order valence-electron chi connectivity index (χ0n) is 16.5. The molecule has 0 bridgehead atoms. The van der Waals surface area contributed by atoms with Crippen LogP contribution in [0.2, 0.25) is 0 Å². The lowest BCUT2D eigenvalue weighted by atomic mass is 10.0. The first-order valence-electron chi connectivity index (χ1n) is 8.83. The third kappa shape index (κ3) is 10.1. The van der Waals surface area contributed by atoms with E-state index in [-0.39, 0.29) is 12.5 Å². The predicted octanol–water partition coefficient (Wildman–Crippen LogP) is 2.88. The van der Waals surface area contributed by atoms with Gasteiger partial charge in [0.2, 0.25) is 0 Å². The molecular formula is C19H29N3O5.